The molecular formula is C11H20N4O2. The Morgan fingerprint density at radius 2 is 2.41 bits per heavy atom. The minimum Gasteiger partial charge on any atom is -0.394 e. The van der Waals surface area contributed by atoms with Crippen molar-refractivity contribution < 1.29 is 9.90 Å². The van der Waals surface area contributed by atoms with Gasteiger partial charge >= 0.3 is 0 Å². The summed E-state index contributed by atoms with van der Waals surface area (Å²) in [6.45, 7) is 3.45. The first-order valence-corrected chi connectivity index (χ1v) is 5.57. The van der Waals surface area contributed by atoms with Gasteiger partial charge in [-0.3, -0.25) is 4.79 Å². The van der Waals surface area contributed by atoms with Crippen molar-refractivity contribution in [1.29, 1.82) is 0 Å². The first kappa shape index (κ1) is 13.7. The lowest BCUT2D eigenvalue weighted by Crippen LogP contribution is -2.44. The average molecular weight is 240 g/mol. The second-order valence-corrected chi connectivity index (χ2v) is 4.88. The molecule has 1 aromatic heterocycles. The lowest BCUT2D eigenvalue weighted by Gasteiger charge is -2.20. The van der Waals surface area contributed by atoms with Gasteiger partial charge in [0.25, 0.3) is 0 Å². The second kappa shape index (κ2) is 5.79. The molecule has 1 rings (SSSR count). The van der Waals surface area contributed by atoms with Crippen LogP contribution in [0.3, 0.4) is 0 Å². The Labute approximate surface area is 101 Å². The zero-order chi connectivity index (χ0) is 12.9. The van der Waals surface area contributed by atoms with Crippen molar-refractivity contribution >= 4 is 5.91 Å². The Morgan fingerprint density at radius 3 is 2.88 bits per heavy atom. The number of nitrogens with zero attached hydrogens (tertiary/aromatic N) is 1. The number of rotatable bonds is 6. The van der Waals surface area contributed by atoms with E-state index in [9.17, 15) is 9.90 Å². The number of hydrogen-bond acceptors (Lipinski definition) is 4. The minimum absolute atomic E-state index is 0.121. The SMILES string of the molecule is CC(C)(N)CC(=O)N[C@H](CO)Cc1c[nH]cn1. The minimum atomic E-state index is -0.545. The molecule has 0 bridgehead atoms. The van der Waals surface area contributed by atoms with E-state index in [2.05, 4.69) is 15.3 Å². The Kier molecular flexibility index (Phi) is 4.65. The van der Waals surface area contributed by atoms with Gasteiger partial charge in [-0.1, -0.05) is 0 Å². The summed E-state index contributed by atoms with van der Waals surface area (Å²) in [7, 11) is 0. The van der Waals surface area contributed by atoms with Gasteiger partial charge in [-0.05, 0) is 13.8 Å². The molecule has 1 heterocycles. The zero-order valence-corrected chi connectivity index (χ0v) is 10.2. The van der Waals surface area contributed by atoms with Crippen molar-refractivity contribution in [2.45, 2.75) is 38.3 Å². The summed E-state index contributed by atoms with van der Waals surface area (Å²) in [6.07, 6.45) is 4.02. The van der Waals surface area contributed by atoms with Crippen LogP contribution in [0.4, 0.5) is 0 Å². The molecule has 0 unspecified atom stereocenters. The molecule has 0 aliphatic carbocycles. The summed E-state index contributed by atoms with van der Waals surface area (Å²) in [6, 6.07) is -0.326. The smallest absolute Gasteiger partial charge is 0.222 e. The van der Waals surface area contributed by atoms with Gasteiger partial charge in [0.15, 0.2) is 0 Å². The highest BCUT2D eigenvalue weighted by Gasteiger charge is 2.19. The quantitative estimate of drug-likeness (QED) is 0.541. The van der Waals surface area contributed by atoms with E-state index in [4.69, 9.17) is 5.73 Å². The molecule has 5 N–H and O–H groups in total. The third kappa shape index (κ3) is 5.46. The summed E-state index contributed by atoms with van der Waals surface area (Å²) in [5.41, 5.74) is 6.01. The van der Waals surface area contributed by atoms with E-state index < -0.39 is 5.54 Å². The first-order chi connectivity index (χ1) is 7.90. The van der Waals surface area contributed by atoms with Crippen LogP contribution in [-0.4, -0.2) is 39.2 Å². The molecule has 0 aromatic carbocycles. The van der Waals surface area contributed by atoms with Gasteiger partial charge in [0.2, 0.25) is 5.91 Å². The third-order valence-corrected chi connectivity index (χ3v) is 2.21. The number of aliphatic hydroxyl groups is 1. The summed E-state index contributed by atoms with van der Waals surface area (Å²) >= 11 is 0. The third-order valence-electron chi connectivity index (χ3n) is 2.21. The molecule has 1 amide bonds. The number of hydrogen-bond donors (Lipinski definition) is 4. The summed E-state index contributed by atoms with van der Waals surface area (Å²) in [4.78, 5) is 18.5. The zero-order valence-electron chi connectivity index (χ0n) is 10.2. The van der Waals surface area contributed by atoms with Crippen LogP contribution in [0.25, 0.3) is 0 Å². The summed E-state index contributed by atoms with van der Waals surface area (Å²) in [5.74, 6) is -0.160. The molecule has 96 valence electrons. The monoisotopic (exact) mass is 240 g/mol. The van der Waals surface area contributed by atoms with E-state index in [0.717, 1.165) is 5.69 Å². The molecule has 0 aliphatic heterocycles. The standard InChI is InChI=1S/C11H20N4O2/c1-11(2,12)4-10(17)15-9(6-16)3-8-5-13-7-14-8/h5,7,9,16H,3-4,6,12H2,1-2H3,(H,13,14)(H,15,17)/t9-/m0/s1. The Morgan fingerprint density at radius 1 is 1.71 bits per heavy atom. The van der Waals surface area contributed by atoms with E-state index in [1.165, 1.54) is 0 Å². The van der Waals surface area contributed by atoms with Crippen molar-refractivity contribution in [3.05, 3.63) is 18.2 Å². The fourth-order valence-electron chi connectivity index (χ4n) is 1.51. The molecule has 17 heavy (non-hydrogen) atoms. The molecular weight excluding hydrogens is 220 g/mol. The second-order valence-electron chi connectivity index (χ2n) is 4.88. The van der Waals surface area contributed by atoms with Crippen LogP contribution < -0.4 is 11.1 Å². The molecule has 6 heteroatoms. The van der Waals surface area contributed by atoms with Crippen LogP contribution in [0.2, 0.25) is 0 Å². The van der Waals surface area contributed by atoms with Gasteiger partial charge in [0.1, 0.15) is 0 Å². The van der Waals surface area contributed by atoms with Gasteiger partial charge in [0, 0.05) is 24.6 Å². The molecule has 0 radical (unpaired) electrons. The molecule has 0 saturated heterocycles. The number of nitrogens with one attached hydrogen (secondary N) is 2. The highest BCUT2D eigenvalue weighted by Crippen LogP contribution is 2.04. The van der Waals surface area contributed by atoms with Gasteiger partial charge in [-0.2, -0.15) is 0 Å². The van der Waals surface area contributed by atoms with Gasteiger partial charge < -0.3 is 21.1 Å². The van der Waals surface area contributed by atoms with Crippen molar-refractivity contribution in [2.75, 3.05) is 6.61 Å². The van der Waals surface area contributed by atoms with Gasteiger partial charge in [-0.25, -0.2) is 4.98 Å². The fourth-order valence-corrected chi connectivity index (χ4v) is 1.51. The lowest BCUT2D eigenvalue weighted by atomic mass is 10.0. The number of aromatic amines is 1. The largest absolute Gasteiger partial charge is 0.394 e. The van der Waals surface area contributed by atoms with Crippen molar-refractivity contribution in [2.24, 2.45) is 5.73 Å². The molecule has 0 fully saturated rings. The Bertz CT molecular complexity index is 343. The highest BCUT2D eigenvalue weighted by atomic mass is 16.3. The van der Waals surface area contributed by atoms with E-state index in [0.29, 0.717) is 6.42 Å². The maximum Gasteiger partial charge on any atom is 0.222 e. The number of nitrogens with two attached hydrogens (primary N) is 1. The average Bonchev–Trinajstić information content (AvgIpc) is 2.66. The molecule has 6 nitrogen and oxygen atoms in total. The van der Waals surface area contributed by atoms with E-state index in [1.807, 2.05) is 0 Å². The van der Waals surface area contributed by atoms with Crippen LogP contribution in [0.5, 0.6) is 0 Å². The van der Waals surface area contributed by atoms with Gasteiger partial charge in [0.05, 0.1) is 24.7 Å². The normalized spacial score (nSPS) is 13.4. The van der Waals surface area contributed by atoms with E-state index in [1.54, 1.807) is 26.4 Å². The number of carbonyl (C=O) groups is 1. The number of aliphatic hydroxyl groups excluding tert-OH is 1. The molecule has 1 aromatic rings. The number of H-pyrrole nitrogens is 1. The lowest BCUT2D eigenvalue weighted by molar-refractivity contribution is -0.123. The maximum absolute atomic E-state index is 11.6. The van der Waals surface area contributed by atoms with Crippen molar-refractivity contribution in [3.8, 4) is 0 Å². The predicted molar refractivity (Wildman–Crippen MR) is 64.2 cm³/mol. The predicted octanol–water partition coefficient (Wildman–Crippen LogP) is -0.443. The van der Waals surface area contributed by atoms with E-state index in [-0.39, 0.29) is 25.0 Å². The first-order valence-electron chi connectivity index (χ1n) is 5.57. The molecule has 0 aliphatic rings. The molecule has 0 spiro atoms. The van der Waals surface area contributed by atoms with Gasteiger partial charge in [-0.15, -0.1) is 0 Å². The van der Waals surface area contributed by atoms with E-state index >= 15 is 0 Å². The Hall–Kier alpha value is -1.40. The molecule has 1 atom stereocenters. The van der Waals surface area contributed by atoms with Crippen LogP contribution in [0.15, 0.2) is 12.5 Å². The van der Waals surface area contributed by atoms with Crippen LogP contribution in [-0.2, 0) is 11.2 Å². The van der Waals surface area contributed by atoms with Crippen molar-refractivity contribution in [1.82, 2.24) is 15.3 Å². The van der Waals surface area contributed by atoms with Crippen LogP contribution in [0.1, 0.15) is 26.0 Å². The molecule has 0 saturated carbocycles. The fraction of sp³-hybridized carbons (Fsp3) is 0.636. The van der Waals surface area contributed by atoms with Crippen LogP contribution >= 0.6 is 0 Å². The van der Waals surface area contributed by atoms with Crippen LogP contribution in [0, 0.1) is 0 Å². The topological polar surface area (TPSA) is 104 Å². The van der Waals surface area contributed by atoms with Crippen molar-refractivity contribution in [3.63, 3.8) is 0 Å². The maximum atomic E-state index is 11.6. The number of amides is 1. The number of imidazole rings is 1. The number of carbonyl (C=O) groups excluding carboxylic acids is 1. The number of aromatic nitrogens is 2. The highest BCUT2D eigenvalue weighted by molar-refractivity contribution is 5.77. The summed E-state index contributed by atoms with van der Waals surface area (Å²) in [5, 5.41) is 11.9. The Balaban J connectivity index is 2.44. The summed E-state index contributed by atoms with van der Waals surface area (Å²) < 4.78 is 0.